The summed E-state index contributed by atoms with van der Waals surface area (Å²) < 4.78 is 7.75. The molecule has 1 N–H and O–H groups in total. The average Bonchev–Trinajstić information content (AvgIpc) is 2.91. The summed E-state index contributed by atoms with van der Waals surface area (Å²) in [5, 5.41) is 4.02. The van der Waals surface area contributed by atoms with E-state index >= 15 is 0 Å². The Morgan fingerprint density at radius 3 is 2.64 bits per heavy atom. The quantitative estimate of drug-likeness (QED) is 0.557. The van der Waals surface area contributed by atoms with Gasteiger partial charge in [0, 0.05) is 9.50 Å². The highest BCUT2D eigenvalue weighted by molar-refractivity contribution is 9.10. The van der Waals surface area contributed by atoms with Crippen LogP contribution in [0, 0.1) is 6.92 Å². The summed E-state index contributed by atoms with van der Waals surface area (Å²) in [5.74, 6) is 0.354. The zero-order valence-electron chi connectivity index (χ0n) is 13.9. The number of carbonyl (C=O) groups is 1. The molecule has 7 heteroatoms. The summed E-state index contributed by atoms with van der Waals surface area (Å²) in [7, 11) is 0. The molecule has 1 amide bonds. The highest BCUT2D eigenvalue weighted by Crippen LogP contribution is 2.31. The van der Waals surface area contributed by atoms with Crippen LogP contribution in [0.5, 0.6) is 5.75 Å². The molecule has 1 aromatic heterocycles. The van der Waals surface area contributed by atoms with Crippen LogP contribution in [0.15, 0.2) is 40.9 Å². The first-order valence-electron chi connectivity index (χ1n) is 7.57. The number of nitrogens with zero attached hydrogens (tertiary/aromatic N) is 1. The molecule has 0 spiro atoms. The second kappa shape index (κ2) is 6.94. The van der Waals surface area contributed by atoms with Crippen LogP contribution < -0.4 is 10.1 Å². The molecular formula is C18H16BrClN2O2S. The Morgan fingerprint density at radius 2 is 1.96 bits per heavy atom. The minimum atomic E-state index is -1.04. The van der Waals surface area contributed by atoms with Crippen molar-refractivity contribution in [3.63, 3.8) is 0 Å². The highest BCUT2D eigenvalue weighted by Gasteiger charge is 2.30. The lowest BCUT2D eigenvalue weighted by Gasteiger charge is -2.24. The third-order valence-corrected chi connectivity index (χ3v) is 5.49. The Hall–Kier alpha value is -1.63. The maximum Gasteiger partial charge on any atom is 0.269 e. The first-order chi connectivity index (χ1) is 11.7. The van der Waals surface area contributed by atoms with Gasteiger partial charge in [0.05, 0.1) is 10.2 Å². The standard InChI is InChI=1S/C18H16BrClN2O2S/c1-10-8-15-14(9-13(10)20)21-17(25-15)22-16(23)18(2,3)24-12-6-4-11(19)5-7-12/h4-9H,1-3H3,(H,21,22,23). The van der Waals surface area contributed by atoms with Gasteiger partial charge in [-0.15, -0.1) is 0 Å². The number of anilines is 1. The van der Waals surface area contributed by atoms with E-state index in [9.17, 15) is 4.79 Å². The maximum atomic E-state index is 12.6. The van der Waals surface area contributed by atoms with Crippen LogP contribution in [-0.2, 0) is 4.79 Å². The van der Waals surface area contributed by atoms with Crippen LogP contribution in [0.25, 0.3) is 10.2 Å². The number of aromatic nitrogens is 1. The molecule has 0 bridgehead atoms. The van der Waals surface area contributed by atoms with Crippen molar-refractivity contribution in [2.75, 3.05) is 5.32 Å². The number of carbonyl (C=O) groups excluding carboxylic acids is 1. The highest BCUT2D eigenvalue weighted by atomic mass is 79.9. The SMILES string of the molecule is Cc1cc2sc(NC(=O)C(C)(C)Oc3ccc(Br)cc3)nc2cc1Cl. The van der Waals surface area contributed by atoms with Gasteiger partial charge in [-0.25, -0.2) is 4.98 Å². The minimum absolute atomic E-state index is 0.266. The van der Waals surface area contributed by atoms with Crippen LogP contribution >= 0.6 is 38.9 Å². The molecule has 0 unspecified atom stereocenters. The zero-order chi connectivity index (χ0) is 18.2. The Labute approximate surface area is 163 Å². The first-order valence-corrected chi connectivity index (χ1v) is 9.56. The average molecular weight is 440 g/mol. The van der Waals surface area contributed by atoms with Gasteiger partial charge in [0.2, 0.25) is 0 Å². The molecule has 0 radical (unpaired) electrons. The predicted octanol–water partition coefficient (Wildman–Crippen LogP) is 5.82. The molecule has 0 aliphatic carbocycles. The largest absolute Gasteiger partial charge is 0.478 e. The second-order valence-electron chi connectivity index (χ2n) is 6.11. The van der Waals surface area contributed by atoms with E-state index in [4.69, 9.17) is 16.3 Å². The fourth-order valence-electron chi connectivity index (χ4n) is 2.19. The topological polar surface area (TPSA) is 51.2 Å². The normalized spacial score (nSPS) is 11.6. The van der Waals surface area contributed by atoms with Crippen molar-refractivity contribution >= 4 is 60.1 Å². The van der Waals surface area contributed by atoms with Crippen molar-refractivity contribution in [3.8, 4) is 5.75 Å². The van der Waals surface area contributed by atoms with E-state index in [1.165, 1.54) is 11.3 Å². The maximum absolute atomic E-state index is 12.6. The molecule has 0 aliphatic rings. The number of hydrogen-bond donors (Lipinski definition) is 1. The van der Waals surface area contributed by atoms with Gasteiger partial charge in [0.15, 0.2) is 10.7 Å². The monoisotopic (exact) mass is 438 g/mol. The Balaban J connectivity index is 1.77. The third-order valence-electron chi connectivity index (χ3n) is 3.62. The summed E-state index contributed by atoms with van der Waals surface area (Å²) in [6.45, 7) is 5.38. The van der Waals surface area contributed by atoms with Crippen molar-refractivity contribution in [3.05, 3.63) is 51.5 Å². The summed E-state index contributed by atoms with van der Waals surface area (Å²) in [6, 6.07) is 11.1. The van der Waals surface area contributed by atoms with Crippen LogP contribution in [0.2, 0.25) is 5.02 Å². The van der Waals surface area contributed by atoms with E-state index in [-0.39, 0.29) is 5.91 Å². The van der Waals surface area contributed by atoms with E-state index in [1.54, 1.807) is 13.8 Å². The lowest BCUT2D eigenvalue weighted by atomic mass is 10.1. The molecule has 0 saturated heterocycles. The number of nitrogens with one attached hydrogen (secondary N) is 1. The van der Waals surface area contributed by atoms with Crippen molar-refractivity contribution in [1.82, 2.24) is 4.98 Å². The number of fused-ring (bicyclic) bond motifs is 1. The Bertz CT molecular complexity index is 899. The molecule has 1 heterocycles. The summed E-state index contributed by atoms with van der Waals surface area (Å²) in [4.78, 5) is 17.0. The zero-order valence-corrected chi connectivity index (χ0v) is 17.1. The molecule has 3 aromatic rings. The molecule has 130 valence electrons. The molecule has 0 aliphatic heterocycles. The number of hydrogen-bond acceptors (Lipinski definition) is 4. The number of benzene rings is 2. The van der Waals surface area contributed by atoms with Gasteiger partial charge in [0.25, 0.3) is 5.91 Å². The van der Waals surface area contributed by atoms with Gasteiger partial charge in [-0.3, -0.25) is 10.1 Å². The van der Waals surface area contributed by atoms with Crippen LogP contribution in [0.1, 0.15) is 19.4 Å². The number of aryl methyl sites for hydroxylation is 1. The van der Waals surface area contributed by atoms with Crippen LogP contribution in [-0.4, -0.2) is 16.5 Å². The molecule has 25 heavy (non-hydrogen) atoms. The van der Waals surface area contributed by atoms with Gasteiger partial charge in [-0.1, -0.05) is 38.9 Å². The van der Waals surface area contributed by atoms with Gasteiger partial charge in [-0.2, -0.15) is 0 Å². The third kappa shape index (κ3) is 4.14. The van der Waals surface area contributed by atoms with E-state index < -0.39 is 5.60 Å². The number of amides is 1. The molecule has 3 rings (SSSR count). The fourth-order valence-corrected chi connectivity index (χ4v) is 3.56. The Morgan fingerprint density at radius 1 is 1.28 bits per heavy atom. The van der Waals surface area contributed by atoms with E-state index in [2.05, 4.69) is 26.2 Å². The van der Waals surface area contributed by atoms with Crippen molar-refractivity contribution < 1.29 is 9.53 Å². The summed E-state index contributed by atoms with van der Waals surface area (Å²) in [5.41, 5.74) is 0.705. The molecule has 0 atom stereocenters. The van der Waals surface area contributed by atoms with Crippen LogP contribution in [0.3, 0.4) is 0 Å². The van der Waals surface area contributed by atoms with Crippen molar-refractivity contribution in [2.24, 2.45) is 0 Å². The van der Waals surface area contributed by atoms with Gasteiger partial charge >= 0.3 is 0 Å². The summed E-state index contributed by atoms with van der Waals surface area (Å²) in [6.07, 6.45) is 0. The second-order valence-corrected chi connectivity index (χ2v) is 8.46. The minimum Gasteiger partial charge on any atom is -0.478 e. The number of ether oxygens (including phenoxy) is 1. The van der Waals surface area contributed by atoms with Crippen LogP contribution in [0.4, 0.5) is 5.13 Å². The first kappa shape index (κ1) is 18.2. The molecular weight excluding hydrogens is 424 g/mol. The number of thiazole rings is 1. The number of halogens is 2. The van der Waals surface area contributed by atoms with Crippen molar-refractivity contribution in [1.29, 1.82) is 0 Å². The predicted molar refractivity (Wildman–Crippen MR) is 107 cm³/mol. The van der Waals surface area contributed by atoms with Gasteiger partial charge in [-0.05, 0) is 62.7 Å². The van der Waals surface area contributed by atoms with E-state index in [1.807, 2.05) is 43.3 Å². The molecule has 4 nitrogen and oxygen atoms in total. The fraction of sp³-hybridized carbons (Fsp3) is 0.222. The Kier molecular flexibility index (Phi) is 5.04. The lowest BCUT2D eigenvalue weighted by molar-refractivity contribution is -0.128. The van der Waals surface area contributed by atoms with Crippen molar-refractivity contribution in [2.45, 2.75) is 26.4 Å². The van der Waals surface area contributed by atoms with Gasteiger partial charge in [0.1, 0.15) is 5.75 Å². The smallest absolute Gasteiger partial charge is 0.269 e. The lowest BCUT2D eigenvalue weighted by Crippen LogP contribution is -2.42. The number of rotatable bonds is 4. The van der Waals surface area contributed by atoms with E-state index in [0.29, 0.717) is 15.9 Å². The summed E-state index contributed by atoms with van der Waals surface area (Å²) >= 11 is 10.9. The molecule has 0 saturated carbocycles. The van der Waals surface area contributed by atoms with Gasteiger partial charge < -0.3 is 4.74 Å². The molecule has 0 fully saturated rings. The van der Waals surface area contributed by atoms with E-state index in [0.717, 1.165) is 20.3 Å². The molecule has 2 aromatic carbocycles.